The third-order valence-corrected chi connectivity index (χ3v) is 5.24. The molecular weight excluding hydrogens is 318 g/mol. The van der Waals surface area contributed by atoms with Gasteiger partial charge in [-0.05, 0) is 44.4 Å². The Morgan fingerprint density at radius 1 is 1.36 bits per heavy atom. The van der Waals surface area contributed by atoms with E-state index in [0.717, 1.165) is 24.9 Å². The Kier molecular flexibility index (Phi) is 5.58. The molecule has 2 fully saturated rings. The molecule has 25 heavy (non-hydrogen) atoms. The van der Waals surface area contributed by atoms with E-state index in [0.29, 0.717) is 31.4 Å². The van der Waals surface area contributed by atoms with Crippen LogP contribution in [0.15, 0.2) is 24.3 Å². The van der Waals surface area contributed by atoms with E-state index in [1.165, 1.54) is 0 Å². The highest BCUT2D eigenvalue weighted by Gasteiger charge is 2.38. The van der Waals surface area contributed by atoms with Crippen molar-refractivity contribution in [2.24, 2.45) is 17.6 Å². The van der Waals surface area contributed by atoms with Crippen LogP contribution in [0.25, 0.3) is 0 Å². The summed E-state index contributed by atoms with van der Waals surface area (Å²) < 4.78 is 5.62. The average Bonchev–Trinajstić information content (AvgIpc) is 3.22. The van der Waals surface area contributed by atoms with Crippen LogP contribution in [-0.4, -0.2) is 37.6 Å². The number of nitrogens with one attached hydrogen (secondary N) is 1. The van der Waals surface area contributed by atoms with Crippen molar-refractivity contribution in [1.29, 1.82) is 0 Å². The normalized spacial score (nSPS) is 26.1. The smallest absolute Gasteiger partial charge is 0.227 e. The monoisotopic (exact) mass is 345 g/mol. The van der Waals surface area contributed by atoms with Gasteiger partial charge < -0.3 is 20.7 Å². The number of hydrogen-bond acceptors (Lipinski definition) is 4. The lowest BCUT2D eigenvalue weighted by molar-refractivity contribution is -0.127. The van der Waals surface area contributed by atoms with Crippen LogP contribution in [0.5, 0.6) is 5.75 Å². The second-order valence-corrected chi connectivity index (χ2v) is 6.85. The third kappa shape index (κ3) is 3.79. The predicted molar refractivity (Wildman–Crippen MR) is 96.4 cm³/mol. The van der Waals surface area contributed by atoms with Gasteiger partial charge >= 0.3 is 0 Å². The van der Waals surface area contributed by atoms with E-state index in [1.54, 1.807) is 4.90 Å². The van der Waals surface area contributed by atoms with Gasteiger partial charge in [0.25, 0.3) is 0 Å². The fourth-order valence-corrected chi connectivity index (χ4v) is 3.88. The summed E-state index contributed by atoms with van der Waals surface area (Å²) in [5, 5.41) is 3.13. The van der Waals surface area contributed by atoms with Crippen molar-refractivity contribution in [3.8, 4) is 5.75 Å². The number of carbonyl (C=O) groups excluding carboxylic acids is 2. The Labute approximate surface area is 148 Å². The summed E-state index contributed by atoms with van der Waals surface area (Å²) in [6.07, 6.45) is 3.39. The molecule has 1 heterocycles. The zero-order valence-corrected chi connectivity index (χ0v) is 14.7. The van der Waals surface area contributed by atoms with Crippen LogP contribution in [0.3, 0.4) is 0 Å². The summed E-state index contributed by atoms with van der Waals surface area (Å²) in [6.45, 7) is 3.44. The maximum Gasteiger partial charge on any atom is 0.227 e. The first-order valence-electron chi connectivity index (χ1n) is 9.16. The van der Waals surface area contributed by atoms with E-state index in [4.69, 9.17) is 10.5 Å². The second-order valence-electron chi connectivity index (χ2n) is 6.85. The van der Waals surface area contributed by atoms with Crippen molar-refractivity contribution < 1.29 is 14.3 Å². The first-order chi connectivity index (χ1) is 12.1. The Hall–Kier alpha value is -2.08. The molecule has 2 amide bonds. The minimum Gasteiger partial charge on any atom is -0.492 e. The first-order valence-corrected chi connectivity index (χ1v) is 9.16. The van der Waals surface area contributed by atoms with Crippen LogP contribution in [-0.2, 0) is 9.59 Å². The van der Waals surface area contributed by atoms with Gasteiger partial charge in [0.1, 0.15) is 5.75 Å². The van der Waals surface area contributed by atoms with E-state index in [-0.39, 0.29) is 30.2 Å². The van der Waals surface area contributed by atoms with Crippen molar-refractivity contribution in [3.05, 3.63) is 24.3 Å². The number of benzene rings is 1. The molecule has 3 unspecified atom stereocenters. The van der Waals surface area contributed by atoms with Gasteiger partial charge in [0.2, 0.25) is 11.8 Å². The highest BCUT2D eigenvalue weighted by atomic mass is 16.5. The van der Waals surface area contributed by atoms with Crippen LogP contribution in [0.1, 0.15) is 32.6 Å². The van der Waals surface area contributed by atoms with Crippen molar-refractivity contribution in [3.63, 3.8) is 0 Å². The standard InChI is InChI=1S/C19H27N3O3/c1-2-25-17-9-4-3-8-16(17)22-12-14(10-18(22)23)19(24)21-15-7-5-6-13(15)11-20/h3-4,8-9,13-15H,2,5-7,10-12,20H2,1H3,(H,21,24). The lowest BCUT2D eigenvalue weighted by atomic mass is 10.0. The van der Waals surface area contributed by atoms with Crippen LogP contribution < -0.4 is 20.7 Å². The average molecular weight is 345 g/mol. The molecule has 3 rings (SSSR count). The van der Waals surface area contributed by atoms with Gasteiger partial charge in [-0.1, -0.05) is 18.6 Å². The van der Waals surface area contributed by atoms with E-state index in [2.05, 4.69) is 5.32 Å². The van der Waals surface area contributed by atoms with Crippen LogP contribution in [0, 0.1) is 11.8 Å². The van der Waals surface area contributed by atoms with Gasteiger partial charge in [0.05, 0.1) is 18.2 Å². The third-order valence-electron chi connectivity index (χ3n) is 5.24. The first kappa shape index (κ1) is 17.7. The van der Waals surface area contributed by atoms with Crippen molar-refractivity contribution >= 4 is 17.5 Å². The molecule has 2 aliphatic rings. The summed E-state index contributed by atoms with van der Waals surface area (Å²) in [5.74, 6) is 0.652. The number of rotatable bonds is 6. The number of anilines is 1. The molecule has 1 aromatic carbocycles. The van der Waals surface area contributed by atoms with E-state index < -0.39 is 0 Å². The maximum atomic E-state index is 12.6. The molecule has 0 bridgehead atoms. The molecule has 6 heteroatoms. The number of carbonyl (C=O) groups is 2. The Morgan fingerprint density at radius 3 is 2.92 bits per heavy atom. The zero-order valence-electron chi connectivity index (χ0n) is 14.7. The highest BCUT2D eigenvalue weighted by Crippen LogP contribution is 2.33. The topological polar surface area (TPSA) is 84.7 Å². The molecule has 1 saturated heterocycles. The van der Waals surface area contributed by atoms with Crippen molar-refractivity contribution in [2.45, 2.75) is 38.6 Å². The summed E-state index contributed by atoms with van der Waals surface area (Å²) in [7, 11) is 0. The van der Waals surface area contributed by atoms with Gasteiger partial charge in [-0.2, -0.15) is 0 Å². The Balaban J connectivity index is 1.67. The quantitative estimate of drug-likeness (QED) is 0.821. The molecule has 3 N–H and O–H groups in total. The Morgan fingerprint density at radius 2 is 2.16 bits per heavy atom. The van der Waals surface area contributed by atoms with Crippen molar-refractivity contribution in [1.82, 2.24) is 5.32 Å². The Bertz CT molecular complexity index is 634. The number of hydrogen-bond donors (Lipinski definition) is 2. The molecule has 6 nitrogen and oxygen atoms in total. The number of nitrogens with two attached hydrogens (primary N) is 1. The molecule has 1 aliphatic heterocycles. The van der Waals surface area contributed by atoms with E-state index in [1.807, 2.05) is 31.2 Å². The molecule has 0 spiro atoms. The number of amides is 2. The summed E-state index contributed by atoms with van der Waals surface area (Å²) >= 11 is 0. The molecule has 3 atom stereocenters. The SMILES string of the molecule is CCOc1ccccc1N1CC(C(=O)NC2CCCC2CN)CC1=O. The lowest BCUT2D eigenvalue weighted by Gasteiger charge is -2.22. The molecule has 1 saturated carbocycles. The molecular formula is C19H27N3O3. The molecule has 1 aromatic rings. The van der Waals surface area contributed by atoms with E-state index in [9.17, 15) is 9.59 Å². The van der Waals surface area contributed by atoms with Crippen LogP contribution >= 0.6 is 0 Å². The highest BCUT2D eigenvalue weighted by molar-refractivity contribution is 6.01. The lowest BCUT2D eigenvalue weighted by Crippen LogP contribution is -2.43. The van der Waals surface area contributed by atoms with Gasteiger partial charge in [-0.15, -0.1) is 0 Å². The van der Waals surface area contributed by atoms with E-state index >= 15 is 0 Å². The zero-order chi connectivity index (χ0) is 17.8. The molecule has 0 aromatic heterocycles. The van der Waals surface area contributed by atoms with Crippen LogP contribution in [0.2, 0.25) is 0 Å². The fraction of sp³-hybridized carbons (Fsp3) is 0.579. The molecule has 1 aliphatic carbocycles. The predicted octanol–water partition coefficient (Wildman–Crippen LogP) is 1.68. The maximum absolute atomic E-state index is 12.6. The summed E-state index contributed by atoms with van der Waals surface area (Å²) in [4.78, 5) is 26.8. The second kappa shape index (κ2) is 7.87. The minimum atomic E-state index is -0.318. The van der Waals surface area contributed by atoms with Crippen LogP contribution in [0.4, 0.5) is 5.69 Å². The van der Waals surface area contributed by atoms with Gasteiger partial charge in [0.15, 0.2) is 0 Å². The van der Waals surface area contributed by atoms with Crippen molar-refractivity contribution in [2.75, 3.05) is 24.6 Å². The molecule has 136 valence electrons. The summed E-state index contributed by atoms with van der Waals surface area (Å²) in [6, 6.07) is 7.63. The molecule has 0 radical (unpaired) electrons. The van der Waals surface area contributed by atoms with Gasteiger partial charge in [0, 0.05) is 19.0 Å². The summed E-state index contributed by atoms with van der Waals surface area (Å²) in [5.41, 5.74) is 6.53. The number of para-hydroxylation sites is 2. The minimum absolute atomic E-state index is 0.0323. The fourth-order valence-electron chi connectivity index (χ4n) is 3.88. The van der Waals surface area contributed by atoms with Gasteiger partial charge in [-0.25, -0.2) is 0 Å². The number of ether oxygens (including phenoxy) is 1. The van der Waals surface area contributed by atoms with Gasteiger partial charge in [-0.3, -0.25) is 9.59 Å². The largest absolute Gasteiger partial charge is 0.492 e. The number of nitrogens with zero attached hydrogens (tertiary/aromatic N) is 1.